The zero-order chi connectivity index (χ0) is 17.5. The highest BCUT2D eigenvalue weighted by molar-refractivity contribution is 9.10. The fraction of sp³-hybridized carbons (Fsp3) is 0.778. The molecule has 0 aliphatic heterocycles. The number of ether oxygens (including phenoxy) is 1. The van der Waals surface area contributed by atoms with E-state index in [1.54, 1.807) is 6.07 Å². The second kappa shape index (κ2) is 6.25. The van der Waals surface area contributed by atoms with E-state index < -0.39 is 18.3 Å². The van der Waals surface area contributed by atoms with E-state index in [-0.39, 0.29) is 21.4 Å². The van der Waals surface area contributed by atoms with Crippen molar-refractivity contribution in [2.75, 3.05) is 6.61 Å². The summed E-state index contributed by atoms with van der Waals surface area (Å²) in [5.41, 5.74) is 0.000610. The topological polar surface area (TPSA) is 91.0 Å². The van der Waals surface area contributed by atoms with Crippen LogP contribution in [0.4, 0.5) is 0 Å². The van der Waals surface area contributed by atoms with E-state index in [4.69, 9.17) is 15.4 Å². The summed E-state index contributed by atoms with van der Waals surface area (Å²) < 4.78 is 5.35. The van der Waals surface area contributed by atoms with Gasteiger partial charge in [-0.15, -0.1) is 0 Å². The maximum absolute atomic E-state index is 12.3. The van der Waals surface area contributed by atoms with Crippen LogP contribution in [0, 0.1) is 39.9 Å². The summed E-state index contributed by atoms with van der Waals surface area (Å²) in [5.74, 6) is -0.572. The number of nitriles is 1. The maximum atomic E-state index is 12.3. The summed E-state index contributed by atoms with van der Waals surface area (Å²) in [5, 5.41) is 16.3. The molecule has 130 valence electrons. The molecule has 0 aromatic heterocycles. The number of nitrogens with one attached hydrogen (secondary N) is 1. The van der Waals surface area contributed by atoms with Crippen LogP contribution in [0.25, 0.3) is 0 Å². The quantitative estimate of drug-likeness (QED) is 0.424. The van der Waals surface area contributed by atoms with E-state index in [1.165, 1.54) is 26.2 Å². The highest BCUT2D eigenvalue weighted by Gasteiger charge is 2.57. The van der Waals surface area contributed by atoms with Crippen molar-refractivity contribution < 1.29 is 14.3 Å². The number of ketones is 1. The van der Waals surface area contributed by atoms with Gasteiger partial charge in [-0.25, -0.2) is 0 Å². The highest BCUT2D eigenvalue weighted by atomic mass is 79.9. The molecule has 24 heavy (non-hydrogen) atoms. The van der Waals surface area contributed by atoms with Gasteiger partial charge in [0.2, 0.25) is 0 Å². The Morgan fingerprint density at radius 3 is 2.46 bits per heavy atom. The molecule has 5 atom stereocenters. The normalized spacial score (nSPS) is 37.5. The van der Waals surface area contributed by atoms with Crippen LogP contribution in [0.2, 0.25) is 0 Å². The van der Waals surface area contributed by atoms with E-state index >= 15 is 0 Å². The zero-order valence-corrected chi connectivity index (χ0v) is 15.5. The Labute approximate surface area is 150 Å². The van der Waals surface area contributed by atoms with Gasteiger partial charge >= 0.3 is 5.97 Å². The third-order valence-electron chi connectivity index (χ3n) is 5.89. The monoisotopic (exact) mass is 394 g/mol. The van der Waals surface area contributed by atoms with E-state index in [1.807, 2.05) is 0 Å². The largest absolute Gasteiger partial charge is 0.458 e. The van der Waals surface area contributed by atoms with Crippen LogP contribution in [0.3, 0.4) is 0 Å². The average molecular weight is 395 g/mol. The van der Waals surface area contributed by atoms with Crippen LogP contribution in [0.5, 0.6) is 0 Å². The smallest absolute Gasteiger partial charge is 0.306 e. The van der Waals surface area contributed by atoms with Gasteiger partial charge in [0.05, 0.1) is 12.5 Å². The standard InChI is InChI=1S/C18H23BrN2O3/c1-11(21)14(8-20)15(22)9-24-16(23)7-17-3-12-2-13(4-17)6-18(19,5-12)10-17/h12-14,21H,2-7,9-10H2,1H3/t12-,13+,14?,17?,18?. The van der Waals surface area contributed by atoms with Gasteiger partial charge in [-0.2, -0.15) is 5.26 Å². The Morgan fingerprint density at radius 2 is 1.96 bits per heavy atom. The van der Waals surface area contributed by atoms with Gasteiger partial charge in [-0.3, -0.25) is 9.59 Å². The average Bonchev–Trinajstić information content (AvgIpc) is 2.42. The number of nitrogens with zero attached hydrogens (tertiary/aromatic N) is 1. The molecule has 0 spiro atoms. The molecule has 1 N–H and O–H groups in total. The van der Waals surface area contributed by atoms with Gasteiger partial charge < -0.3 is 10.1 Å². The maximum Gasteiger partial charge on any atom is 0.306 e. The van der Waals surface area contributed by atoms with Crippen molar-refractivity contribution in [2.45, 2.75) is 56.2 Å². The molecule has 0 aromatic rings. The first-order valence-electron chi connectivity index (χ1n) is 8.56. The predicted molar refractivity (Wildman–Crippen MR) is 91.9 cm³/mol. The van der Waals surface area contributed by atoms with E-state index in [0.29, 0.717) is 18.3 Å². The molecule has 3 unspecified atom stereocenters. The first-order chi connectivity index (χ1) is 11.2. The third-order valence-corrected chi connectivity index (χ3v) is 6.82. The van der Waals surface area contributed by atoms with Crippen molar-refractivity contribution in [2.24, 2.45) is 23.2 Å². The predicted octanol–water partition coefficient (Wildman–Crippen LogP) is 3.40. The van der Waals surface area contributed by atoms with Crippen LogP contribution < -0.4 is 0 Å². The number of carbonyl (C=O) groups is 2. The lowest BCUT2D eigenvalue weighted by molar-refractivity contribution is -0.154. The number of hydrogen-bond acceptors (Lipinski definition) is 5. The van der Waals surface area contributed by atoms with E-state index in [2.05, 4.69) is 15.9 Å². The van der Waals surface area contributed by atoms with Gasteiger partial charge in [-0.05, 0) is 62.7 Å². The number of hydrogen-bond donors (Lipinski definition) is 1. The molecule has 4 saturated carbocycles. The number of esters is 1. The van der Waals surface area contributed by atoms with Gasteiger partial charge in [-0.1, -0.05) is 15.9 Å². The molecule has 0 saturated heterocycles. The first kappa shape index (κ1) is 17.6. The summed E-state index contributed by atoms with van der Waals surface area (Å²) in [4.78, 5) is 24.2. The Bertz CT molecular complexity index is 610. The van der Waals surface area contributed by atoms with Crippen molar-refractivity contribution in [3.63, 3.8) is 0 Å². The van der Waals surface area contributed by atoms with Crippen molar-refractivity contribution in [3.05, 3.63) is 0 Å². The molecular weight excluding hydrogens is 372 g/mol. The fourth-order valence-electron chi connectivity index (χ4n) is 5.55. The summed E-state index contributed by atoms with van der Waals surface area (Å²) in [7, 11) is 0. The summed E-state index contributed by atoms with van der Waals surface area (Å²) in [6.07, 6.45) is 7.24. The van der Waals surface area contributed by atoms with Gasteiger partial charge in [0.15, 0.2) is 12.4 Å². The van der Waals surface area contributed by atoms with E-state index in [0.717, 1.165) is 19.3 Å². The molecule has 4 rings (SSSR count). The molecule has 0 radical (unpaired) electrons. The Balaban J connectivity index is 1.57. The van der Waals surface area contributed by atoms with Crippen molar-refractivity contribution in [3.8, 4) is 6.07 Å². The Kier molecular flexibility index (Phi) is 4.59. The van der Waals surface area contributed by atoms with Crippen LogP contribution in [0.1, 0.15) is 51.9 Å². The fourth-order valence-corrected chi connectivity index (χ4v) is 7.06. The molecule has 4 aliphatic rings. The summed E-state index contributed by atoms with van der Waals surface area (Å²) in [6, 6.07) is 1.78. The first-order valence-corrected chi connectivity index (χ1v) is 9.35. The van der Waals surface area contributed by atoms with Crippen molar-refractivity contribution in [1.82, 2.24) is 0 Å². The molecule has 0 heterocycles. The van der Waals surface area contributed by atoms with Crippen LogP contribution >= 0.6 is 15.9 Å². The molecule has 4 aliphatic carbocycles. The van der Waals surface area contributed by atoms with Crippen LogP contribution in [-0.2, 0) is 14.3 Å². The minimum absolute atomic E-state index is 0.0131. The number of carbonyl (C=O) groups excluding carboxylic acids is 2. The molecule has 0 amide bonds. The van der Waals surface area contributed by atoms with Gasteiger partial charge in [0.25, 0.3) is 0 Å². The van der Waals surface area contributed by atoms with Crippen LogP contribution in [-0.4, -0.2) is 28.4 Å². The lowest BCUT2D eigenvalue weighted by atomic mass is 9.49. The summed E-state index contributed by atoms with van der Waals surface area (Å²) in [6.45, 7) is 1.01. The highest BCUT2D eigenvalue weighted by Crippen LogP contribution is 2.65. The lowest BCUT2D eigenvalue weighted by Crippen LogP contribution is -2.53. The Morgan fingerprint density at radius 1 is 1.33 bits per heavy atom. The minimum atomic E-state index is -1.11. The SMILES string of the molecule is CC(=N)C(C#N)C(=O)COC(=O)CC12C[C@@H]3C[C@@H](CC(Br)(C3)C1)C2. The molecule has 4 fully saturated rings. The molecule has 5 nitrogen and oxygen atoms in total. The van der Waals surface area contributed by atoms with Crippen molar-refractivity contribution >= 4 is 33.4 Å². The second-order valence-electron chi connectivity index (χ2n) is 8.16. The lowest BCUT2D eigenvalue weighted by Gasteiger charge is -2.60. The number of halogens is 1. The number of rotatable bonds is 6. The number of alkyl halides is 1. The number of Topliss-reactive ketones (excluding diaryl/α,β-unsaturated/α-hetero) is 1. The van der Waals surface area contributed by atoms with Crippen LogP contribution in [0.15, 0.2) is 0 Å². The second-order valence-corrected chi connectivity index (χ2v) is 9.84. The van der Waals surface area contributed by atoms with Gasteiger partial charge in [0.1, 0.15) is 5.92 Å². The third kappa shape index (κ3) is 3.42. The van der Waals surface area contributed by atoms with Crippen molar-refractivity contribution in [1.29, 1.82) is 10.7 Å². The minimum Gasteiger partial charge on any atom is -0.458 e. The van der Waals surface area contributed by atoms with E-state index in [9.17, 15) is 9.59 Å². The molecule has 0 aromatic carbocycles. The molecule has 6 heteroatoms. The zero-order valence-electron chi connectivity index (χ0n) is 13.9. The van der Waals surface area contributed by atoms with Gasteiger partial charge in [0, 0.05) is 10.0 Å². The Hall–Kier alpha value is -1.22. The molecule has 4 bridgehead atoms. The molecular formula is C18H23BrN2O3. The summed E-state index contributed by atoms with van der Waals surface area (Å²) >= 11 is 3.92.